The summed E-state index contributed by atoms with van der Waals surface area (Å²) < 4.78 is 34.0. The summed E-state index contributed by atoms with van der Waals surface area (Å²) in [5.74, 6) is -1.23. The maximum atomic E-state index is 14.0. The first-order valence-corrected chi connectivity index (χ1v) is 9.20. The van der Waals surface area contributed by atoms with E-state index in [0.29, 0.717) is 21.8 Å². The zero-order chi connectivity index (χ0) is 20.4. The van der Waals surface area contributed by atoms with Crippen molar-refractivity contribution in [3.8, 4) is 23.0 Å². The van der Waals surface area contributed by atoms with Crippen LogP contribution < -0.4 is 4.80 Å². The van der Waals surface area contributed by atoms with Crippen LogP contribution in [0.1, 0.15) is 5.56 Å². The number of nitrogens with zero attached hydrogens (tertiary/aromatic N) is 3. The number of rotatable bonds is 4. The maximum absolute atomic E-state index is 14.0. The summed E-state index contributed by atoms with van der Waals surface area (Å²) in [6.07, 6.45) is 2.87. The lowest BCUT2D eigenvalue weighted by Gasteiger charge is -2.02. The van der Waals surface area contributed by atoms with Crippen molar-refractivity contribution < 1.29 is 23.4 Å². The quantitative estimate of drug-likeness (QED) is 0.479. The van der Waals surface area contributed by atoms with Gasteiger partial charge < -0.3 is 14.6 Å². The number of halogens is 2. The monoisotopic (exact) mass is 413 g/mol. The Morgan fingerprint density at radius 1 is 1.07 bits per heavy atom. The number of hydrogen-bond donors (Lipinski definition) is 2. The minimum absolute atomic E-state index is 0.0457. The van der Waals surface area contributed by atoms with Gasteiger partial charge in [0.1, 0.15) is 28.7 Å². The summed E-state index contributed by atoms with van der Waals surface area (Å²) in [4.78, 5) is 4.55. The van der Waals surface area contributed by atoms with Gasteiger partial charge in [0, 0.05) is 23.1 Å². The van der Waals surface area contributed by atoms with Gasteiger partial charge >= 0.3 is 0 Å². The number of phenolic OH excluding ortho intramolecular Hbond substituents is 2. The molecule has 2 heterocycles. The Bertz CT molecular complexity index is 1260. The Hall–Kier alpha value is -3.72. The topological polar surface area (TPSA) is 83.2 Å². The first kappa shape index (κ1) is 18.6. The van der Waals surface area contributed by atoms with E-state index in [0.717, 1.165) is 12.1 Å². The number of thiazole rings is 1. The Balaban J connectivity index is 1.85. The van der Waals surface area contributed by atoms with Gasteiger partial charge in [-0.2, -0.15) is 5.10 Å². The highest BCUT2D eigenvalue weighted by Crippen LogP contribution is 2.24. The molecular weight excluding hydrogens is 400 g/mol. The highest BCUT2D eigenvalue weighted by molar-refractivity contribution is 7.07. The summed E-state index contributed by atoms with van der Waals surface area (Å²) in [5, 5.41) is 25.4. The number of furan rings is 1. The molecule has 0 amide bonds. The van der Waals surface area contributed by atoms with E-state index in [2.05, 4.69) is 10.1 Å². The molecule has 0 spiro atoms. The van der Waals surface area contributed by atoms with Crippen molar-refractivity contribution in [1.82, 2.24) is 4.68 Å². The van der Waals surface area contributed by atoms with Crippen LogP contribution in [0.2, 0.25) is 0 Å². The van der Waals surface area contributed by atoms with E-state index in [4.69, 9.17) is 4.42 Å². The van der Waals surface area contributed by atoms with Gasteiger partial charge in [-0.25, -0.2) is 18.4 Å². The molecule has 0 aliphatic rings. The molecule has 2 aromatic carbocycles. The summed E-state index contributed by atoms with van der Waals surface area (Å²) in [6, 6.07) is 10.6. The van der Waals surface area contributed by atoms with Crippen LogP contribution in [0.15, 0.2) is 74.7 Å². The van der Waals surface area contributed by atoms with Crippen molar-refractivity contribution in [3.05, 3.63) is 82.2 Å². The normalized spacial score (nSPS) is 12.1. The molecule has 0 aliphatic heterocycles. The van der Waals surface area contributed by atoms with Gasteiger partial charge in [0.05, 0.1) is 12.5 Å². The van der Waals surface area contributed by atoms with Crippen LogP contribution in [0.5, 0.6) is 11.5 Å². The summed E-state index contributed by atoms with van der Waals surface area (Å²) in [5.41, 5.74) is 0.859. The molecule has 0 bridgehead atoms. The third kappa shape index (κ3) is 3.94. The third-order valence-electron chi connectivity index (χ3n) is 3.91. The first-order valence-electron chi connectivity index (χ1n) is 8.32. The molecule has 0 fully saturated rings. The van der Waals surface area contributed by atoms with Gasteiger partial charge in [-0.15, -0.1) is 11.3 Å². The second kappa shape index (κ2) is 7.72. The smallest absolute Gasteiger partial charge is 0.211 e. The minimum Gasteiger partial charge on any atom is -0.508 e. The molecule has 29 heavy (non-hydrogen) atoms. The molecular formula is C20H13F2N3O3S. The van der Waals surface area contributed by atoms with Crippen molar-refractivity contribution in [3.63, 3.8) is 0 Å². The molecule has 9 heteroatoms. The van der Waals surface area contributed by atoms with Crippen molar-refractivity contribution in [2.45, 2.75) is 0 Å². The third-order valence-corrected chi connectivity index (χ3v) is 4.73. The van der Waals surface area contributed by atoms with Crippen LogP contribution in [0.4, 0.5) is 14.5 Å². The average Bonchev–Trinajstić information content (AvgIpc) is 3.33. The van der Waals surface area contributed by atoms with E-state index in [1.807, 2.05) is 0 Å². The fourth-order valence-electron chi connectivity index (χ4n) is 2.52. The van der Waals surface area contributed by atoms with Crippen LogP contribution in [0.3, 0.4) is 0 Å². The zero-order valence-electron chi connectivity index (χ0n) is 14.7. The van der Waals surface area contributed by atoms with Crippen LogP contribution >= 0.6 is 11.3 Å². The van der Waals surface area contributed by atoms with Crippen LogP contribution in [-0.4, -0.2) is 21.1 Å². The van der Waals surface area contributed by atoms with E-state index in [9.17, 15) is 19.0 Å². The Kier molecular flexibility index (Phi) is 4.96. The average molecular weight is 413 g/mol. The SMILES string of the molecule is Oc1ccc(C=Nn2c(-c3ccco3)csc2=Nc2ccc(F)cc2F)c(O)c1. The van der Waals surface area contributed by atoms with Crippen molar-refractivity contribution >= 4 is 23.2 Å². The van der Waals surface area contributed by atoms with Crippen LogP contribution in [0, 0.1) is 11.6 Å². The molecule has 0 atom stereocenters. The molecule has 146 valence electrons. The lowest BCUT2D eigenvalue weighted by molar-refractivity contribution is 0.450. The van der Waals surface area contributed by atoms with Gasteiger partial charge in [-0.05, 0) is 36.4 Å². The highest BCUT2D eigenvalue weighted by Gasteiger charge is 2.11. The van der Waals surface area contributed by atoms with Gasteiger partial charge in [0.15, 0.2) is 11.6 Å². The van der Waals surface area contributed by atoms with Crippen molar-refractivity contribution in [1.29, 1.82) is 0 Å². The minimum atomic E-state index is -0.801. The Labute approximate surface area is 167 Å². The van der Waals surface area contributed by atoms with Gasteiger partial charge in [-0.1, -0.05) is 0 Å². The van der Waals surface area contributed by atoms with Crippen molar-refractivity contribution in [2.24, 2.45) is 10.1 Å². The number of benzene rings is 2. The molecule has 4 aromatic rings. The van der Waals surface area contributed by atoms with E-state index in [-0.39, 0.29) is 17.2 Å². The lowest BCUT2D eigenvalue weighted by atomic mass is 10.2. The number of hydrogen-bond acceptors (Lipinski definition) is 6. The van der Waals surface area contributed by atoms with E-state index in [1.165, 1.54) is 52.8 Å². The second-order valence-electron chi connectivity index (χ2n) is 5.89. The van der Waals surface area contributed by atoms with E-state index >= 15 is 0 Å². The van der Waals surface area contributed by atoms with Crippen molar-refractivity contribution in [2.75, 3.05) is 0 Å². The summed E-state index contributed by atoms with van der Waals surface area (Å²) >= 11 is 1.18. The molecule has 0 aliphatic carbocycles. The molecule has 0 saturated heterocycles. The molecule has 0 radical (unpaired) electrons. The van der Waals surface area contributed by atoms with Gasteiger partial charge in [0.2, 0.25) is 4.80 Å². The number of aromatic hydroxyl groups is 2. The summed E-state index contributed by atoms with van der Waals surface area (Å²) in [7, 11) is 0. The maximum Gasteiger partial charge on any atom is 0.211 e. The molecule has 2 N–H and O–H groups in total. The lowest BCUT2D eigenvalue weighted by Crippen LogP contribution is -2.11. The number of aromatic nitrogens is 1. The molecule has 0 unspecified atom stereocenters. The first-order chi connectivity index (χ1) is 14.0. The largest absolute Gasteiger partial charge is 0.508 e. The highest BCUT2D eigenvalue weighted by atomic mass is 32.1. The molecule has 2 aromatic heterocycles. The molecule has 4 rings (SSSR count). The number of phenols is 2. The second-order valence-corrected chi connectivity index (χ2v) is 6.72. The van der Waals surface area contributed by atoms with E-state index < -0.39 is 11.6 Å². The zero-order valence-corrected chi connectivity index (χ0v) is 15.5. The standard InChI is InChI=1S/C20H13F2N3O3S/c21-13-4-6-16(15(22)8-13)24-20-25(17(11-29-20)19-2-1-7-28-19)23-10-12-3-5-14(26)9-18(12)27/h1-11,26-27H. The molecule has 6 nitrogen and oxygen atoms in total. The molecule has 0 saturated carbocycles. The Morgan fingerprint density at radius 3 is 2.66 bits per heavy atom. The van der Waals surface area contributed by atoms with E-state index in [1.54, 1.807) is 17.5 Å². The van der Waals surface area contributed by atoms with Gasteiger partial charge in [-0.3, -0.25) is 0 Å². The van der Waals surface area contributed by atoms with Crippen LogP contribution in [0.25, 0.3) is 11.5 Å². The Morgan fingerprint density at radius 2 is 1.93 bits per heavy atom. The predicted molar refractivity (Wildman–Crippen MR) is 104 cm³/mol. The predicted octanol–water partition coefficient (Wildman–Crippen LogP) is 4.61. The fraction of sp³-hybridized carbons (Fsp3) is 0. The fourth-order valence-corrected chi connectivity index (χ4v) is 3.35. The summed E-state index contributed by atoms with van der Waals surface area (Å²) in [6.45, 7) is 0. The van der Waals surface area contributed by atoms with Crippen LogP contribution in [-0.2, 0) is 0 Å². The van der Waals surface area contributed by atoms with Gasteiger partial charge in [0.25, 0.3) is 0 Å².